The Morgan fingerprint density at radius 1 is 0.892 bits per heavy atom. The normalized spacial score (nSPS) is 15.1. The number of halogens is 1. The van der Waals surface area contributed by atoms with Crippen LogP contribution in [-0.2, 0) is 52.0 Å². The molecule has 4 atom stereocenters. The maximum atomic E-state index is 12.1. The largest absolute Gasteiger partial charge is 0.459 e. The lowest BCUT2D eigenvalue weighted by atomic mass is 9.91. The highest BCUT2D eigenvalue weighted by Gasteiger charge is 2.51. The summed E-state index contributed by atoms with van der Waals surface area (Å²) in [4.78, 5) is 35.7. The molecule has 0 aliphatic carbocycles. The van der Waals surface area contributed by atoms with Crippen LogP contribution in [0.4, 0.5) is 0 Å². The molecule has 8 nitrogen and oxygen atoms in total. The van der Waals surface area contributed by atoms with Crippen molar-refractivity contribution in [1.29, 1.82) is 0 Å². The van der Waals surface area contributed by atoms with Gasteiger partial charge in [-0.1, -0.05) is 48.9 Å². The summed E-state index contributed by atoms with van der Waals surface area (Å²) in [7, 11) is 0. The summed E-state index contributed by atoms with van der Waals surface area (Å²) in [6.45, 7) is 8.70. The summed E-state index contributed by atoms with van der Waals surface area (Å²) in [5.41, 5.74) is 3.13. The van der Waals surface area contributed by atoms with Crippen molar-refractivity contribution in [2.24, 2.45) is 0 Å². The van der Waals surface area contributed by atoms with Crippen LogP contribution in [-0.4, -0.2) is 47.9 Å². The first-order chi connectivity index (χ1) is 17.4. The van der Waals surface area contributed by atoms with E-state index in [4.69, 9.17) is 30.5 Å². The zero-order valence-electron chi connectivity index (χ0n) is 22.1. The predicted molar refractivity (Wildman–Crippen MR) is 138 cm³/mol. The van der Waals surface area contributed by atoms with Gasteiger partial charge in [0.05, 0.1) is 0 Å². The summed E-state index contributed by atoms with van der Waals surface area (Å²) in [6.07, 6.45) is -2.66. The van der Waals surface area contributed by atoms with Gasteiger partial charge in [-0.2, -0.15) is 0 Å². The highest BCUT2D eigenvalue weighted by Crippen LogP contribution is 2.36. The number of carbonyl (C=O) groups is 3. The molecule has 1 unspecified atom stereocenters. The van der Waals surface area contributed by atoms with Crippen molar-refractivity contribution in [2.45, 2.75) is 78.5 Å². The lowest BCUT2D eigenvalue weighted by Gasteiger charge is -2.40. The van der Waals surface area contributed by atoms with E-state index in [9.17, 15) is 19.5 Å². The van der Waals surface area contributed by atoms with Gasteiger partial charge in [-0.15, -0.1) is 0 Å². The quantitative estimate of drug-likeness (QED) is 0.241. The molecule has 0 bridgehead atoms. The second kappa shape index (κ2) is 13.6. The van der Waals surface area contributed by atoms with Crippen LogP contribution in [0.15, 0.2) is 42.5 Å². The first-order valence-electron chi connectivity index (χ1n) is 12.2. The van der Waals surface area contributed by atoms with Gasteiger partial charge in [0.1, 0.15) is 6.10 Å². The molecule has 9 heteroatoms. The zero-order valence-corrected chi connectivity index (χ0v) is 22.8. The molecular formula is C28H35ClO8. The van der Waals surface area contributed by atoms with Gasteiger partial charge >= 0.3 is 17.9 Å². The third-order valence-corrected chi connectivity index (χ3v) is 6.11. The van der Waals surface area contributed by atoms with E-state index in [1.165, 1.54) is 19.4 Å². The van der Waals surface area contributed by atoms with Crippen LogP contribution in [0.5, 0.6) is 0 Å². The van der Waals surface area contributed by atoms with Crippen molar-refractivity contribution in [1.82, 2.24) is 0 Å². The predicted octanol–water partition coefficient (Wildman–Crippen LogP) is 4.49. The van der Waals surface area contributed by atoms with Crippen LogP contribution in [0.3, 0.4) is 0 Å². The van der Waals surface area contributed by atoms with Gasteiger partial charge in [0, 0.05) is 38.0 Å². The average molecular weight is 535 g/mol. The van der Waals surface area contributed by atoms with Crippen molar-refractivity contribution in [2.75, 3.05) is 6.61 Å². The summed E-state index contributed by atoms with van der Waals surface area (Å²) in [5, 5.41) is 12.4. The minimum Gasteiger partial charge on any atom is -0.459 e. The zero-order chi connectivity index (χ0) is 27.8. The molecule has 0 aliphatic heterocycles. The molecule has 0 radical (unpaired) electrons. The number of esters is 3. The van der Waals surface area contributed by atoms with Gasteiger partial charge in [0.15, 0.2) is 6.10 Å². The second-order valence-corrected chi connectivity index (χ2v) is 9.11. The average Bonchev–Trinajstić information content (AvgIpc) is 2.82. The van der Waals surface area contributed by atoms with Gasteiger partial charge in [-0.25, -0.2) is 0 Å². The molecular weight excluding hydrogens is 500 g/mol. The molecule has 37 heavy (non-hydrogen) atoms. The summed E-state index contributed by atoms with van der Waals surface area (Å²) in [5.74, 6) is -4.41. The standard InChI is InChI=1S/C28H35ClO8/c1-7-21-9-11-22(12-10-21)15-23-16-24(13-14-25(23)29)28(33,34-8-2)27(37-20(6)32)26(36-19(5)31)17(3)35-18(4)30/h9-14,16-17,26-27,33H,7-8,15H2,1-6H3/t17-,26+,27-,28?/m1/s1. The summed E-state index contributed by atoms with van der Waals surface area (Å²) in [6, 6.07) is 12.9. The molecule has 0 saturated heterocycles. The number of ether oxygens (including phenoxy) is 4. The maximum absolute atomic E-state index is 12.1. The highest BCUT2D eigenvalue weighted by molar-refractivity contribution is 6.31. The summed E-state index contributed by atoms with van der Waals surface area (Å²) >= 11 is 6.50. The molecule has 2 aromatic rings. The second-order valence-electron chi connectivity index (χ2n) is 8.70. The molecule has 2 aromatic carbocycles. The Balaban J connectivity index is 2.61. The maximum Gasteiger partial charge on any atom is 0.303 e. The van der Waals surface area contributed by atoms with Crippen molar-refractivity contribution >= 4 is 29.5 Å². The SMILES string of the molecule is CCOC(O)(c1ccc(Cl)c(Cc2ccc(CC)cc2)c1)[C@H](OC(C)=O)[C@@H](OC(C)=O)[C@@H](C)OC(C)=O. The Morgan fingerprint density at radius 2 is 1.46 bits per heavy atom. The highest BCUT2D eigenvalue weighted by atomic mass is 35.5. The van der Waals surface area contributed by atoms with Gasteiger partial charge < -0.3 is 24.1 Å². The first kappa shape index (κ1) is 30.3. The lowest BCUT2D eigenvalue weighted by molar-refractivity contribution is -0.295. The summed E-state index contributed by atoms with van der Waals surface area (Å²) < 4.78 is 21.9. The molecule has 0 aromatic heterocycles. The Hall–Kier alpha value is -2.94. The van der Waals surface area contributed by atoms with E-state index in [0.29, 0.717) is 17.0 Å². The van der Waals surface area contributed by atoms with E-state index in [0.717, 1.165) is 25.8 Å². The minimum absolute atomic E-state index is 0.0133. The molecule has 0 heterocycles. The fourth-order valence-corrected chi connectivity index (χ4v) is 4.25. The third-order valence-electron chi connectivity index (χ3n) is 5.74. The van der Waals surface area contributed by atoms with Crippen molar-refractivity contribution in [3.05, 3.63) is 69.7 Å². The van der Waals surface area contributed by atoms with E-state index in [1.807, 2.05) is 24.3 Å². The van der Waals surface area contributed by atoms with Crippen molar-refractivity contribution in [3.8, 4) is 0 Å². The van der Waals surface area contributed by atoms with Crippen LogP contribution >= 0.6 is 11.6 Å². The Labute approximate surface area is 222 Å². The fraction of sp³-hybridized carbons (Fsp3) is 0.464. The monoisotopic (exact) mass is 534 g/mol. The molecule has 0 fully saturated rings. The van der Waals surface area contributed by atoms with E-state index < -0.39 is 42.0 Å². The number of hydrogen-bond donors (Lipinski definition) is 1. The van der Waals surface area contributed by atoms with Crippen LogP contribution < -0.4 is 0 Å². The van der Waals surface area contributed by atoms with Crippen LogP contribution in [0, 0.1) is 0 Å². The smallest absolute Gasteiger partial charge is 0.303 e. The van der Waals surface area contributed by atoms with Crippen molar-refractivity contribution in [3.63, 3.8) is 0 Å². The van der Waals surface area contributed by atoms with E-state index in [-0.39, 0.29) is 12.2 Å². The van der Waals surface area contributed by atoms with Gasteiger partial charge in [-0.05, 0) is 55.5 Å². The van der Waals surface area contributed by atoms with Crippen LogP contribution in [0.25, 0.3) is 0 Å². The van der Waals surface area contributed by atoms with Gasteiger partial charge in [0.2, 0.25) is 11.9 Å². The molecule has 1 N–H and O–H groups in total. The van der Waals surface area contributed by atoms with E-state index in [2.05, 4.69) is 6.92 Å². The molecule has 202 valence electrons. The first-order valence-corrected chi connectivity index (χ1v) is 12.5. The lowest BCUT2D eigenvalue weighted by Crippen LogP contribution is -2.56. The molecule has 0 saturated carbocycles. The Bertz CT molecular complexity index is 1080. The molecule has 2 rings (SSSR count). The number of benzene rings is 2. The molecule has 0 amide bonds. The number of rotatable bonds is 12. The Kier molecular flexibility index (Phi) is 11.1. The third kappa shape index (κ3) is 8.28. The van der Waals surface area contributed by atoms with Gasteiger partial charge in [-0.3, -0.25) is 14.4 Å². The van der Waals surface area contributed by atoms with E-state index in [1.54, 1.807) is 25.1 Å². The number of hydrogen-bond acceptors (Lipinski definition) is 8. The minimum atomic E-state index is -2.28. The van der Waals surface area contributed by atoms with Crippen LogP contribution in [0.2, 0.25) is 5.02 Å². The number of carbonyl (C=O) groups excluding carboxylic acids is 3. The number of aliphatic hydroxyl groups is 1. The van der Waals surface area contributed by atoms with Crippen molar-refractivity contribution < 1.29 is 38.4 Å². The fourth-order valence-electron chi connectivity index (χ4n) is 4.07. The molecule has 0 spiro atoms. The van der Waals surface area contributed by atoms with Gasteiger partial charge in [0.25, 0.3) is 0 Å². The molecule has 0 aliphatic rings. The Morgan fingerprint density at radius 3 is 1.97 bits per heavy atom. The topological polar surface area (TPSA) is 108 Å². The number of aryl methyl sites for hydroxylation is 1. The van der Waals surface area contributed by atoms with E-state index >= 15 is 0 Å². The van der Waals surface area contributed by atoms with Crippen LogP contribution in [0.1, 0.15) is 63.8 Å².